The quantitative estimate of drug-likeness (QED) is 0.428. The van der Waals surface area contributed by atoms with Crippen molar-refractivity contribution < 1.29 is 0 Å². The summed E-state index contributed by atoms with van der Waals surface area (Å²) in [6.07, 6.45) is 20.1. The SMILES string of the molecule is CCCCCCCCCCNC(CC)C1CCCCC1. The summed E-state index contributed by atoms with van der Waals surface area (Å²) in [5.41, 5.74) is 0. The molecular weight excluding hydrogens is 242 g/mol. The smallest absolute Gasteiger partial charge is 0.00926 e. The molecular formula is C19H39N. The molecule has 0 aromatic rings. The summed E-state index contributed by atoms with van der Waals surface area (Å²) in [6, 6.07) is 0.805. The normalized spacial score (nSPS) is 18.3. The van der Waals surface area contributed by atoms with E-state index in [9.17, 15) is 0 Å². The van der Waals surface area contributed by atoms with Crippen molar-refractivity contribution in [2.24, 2.45) is 5.92 Å². The lowest BCUT2D eigenvalue weighted by atomic mass is 9.83. The van der Waals surface area contributed by atoms with Crippen LogP contribution in [0.5, 0.6) is 0 Å². The molecule has 0 saturated heterocycles. The second kappa shape index (κ2) is 12.7. The minimum absolute atomic E-state index is 0.805. The van der Waals surface area contributed by atoms with Crippen molar-refractivity contribution in [3.8, 4) is 0 Å². The van der Waals surface area contributed by atoms with E-state index in [2.05, 4.69) is 19.2 Å². The first-order valence-corrected chi connectivity index (χ1v) is 9.61. The van der Waals surface area contributed by atoms with E-state index in [1.165, 1.54) is 96.4 Å². The van der Waals surface area contributed by atoms with Crippen LogP contribution in [0.15, 0.2) is 0 Å². The minimum atomic E-state index is 0.805. The van der Waals surface area contributed by atoms with E-state index in [0.29, 0.717) is 0 Å². The van der Waals surface area contributed by atoms with E-state index in [-0.39, 0.29) is 0 Å². The molecule has 0 spiro atoms. The van der Waals surface area contributed by atoms with Crippen molar-refractivity contribution in [1.29, 1.82) is 0 Å². The first-order valence-electron chi connectivity index (χ1n) is 9.61. The Bertz CT molecular complexity index is 196. The van der Waals surface area contributed by atoms with Gasteiger partial charge in [0, 0.05) is 6.04 Å². The van der Waals surface area contributed by atoms with Crippen molar-refractivity contribution in [3.63, 3.8) is 0 Å². The maximum absolute atomic E-state index is 3.85. The lowest BCUT2D eigenvalue weighted by Gasteiger charge is -2.30. The third-order valence-corrected chi connectivity index (χ3v) is 5.10. The molecule has 1 heteroatoms. The Hall–Kier alpha value is -0.0400. The van der Waals surface area contributed by atoms with E-state index in [1.807, 2.05) is 0 Å². The third-order valence-electron chi connectivity index (χ3n) is 5.10. The van der Waals surface area contributed by atoms with Crippen LogP contribution in [-0.2, 0) is 0 Å². The molecule has 1 aliphatic carbocycles. The molecule has 1 N–H and O–H groups in total. The molecule has 1 atom stereocenters. The summed E-state index contributed by atoms with van der Waals surface area (Å²) in [7, 11) is 0. The number of nitrogens with one attached hydrogen (secondary N) is 1. The Morgan fingerprint density at radius 1 is 0.800 bits per heavy atom. The summed E-state index contributed by atoms with van der Waals surface area (Å²) in [4.78, 5) is 0. The largest absolute Gasteiger partial charge is 0.314 e. The van der Waals surface area contributed by atoms with Gasteiger partial charge in [0.05, 0.1) is 0 Å². The molecule has 1 rings (SSSR count). The lowest BCUT2D eigenvalue weighted by Crippen LogP contribution is -2.37. The number of hydrogen-bond donors (Lipinski definition) is 1. The summed E-state index contributed by atoms with van der Waals surface area (Å²) in [5.74, 6) is 0.975. The van der Waals surface area contributed by atoms with E-state index >= 15 is 0 Å². The van der Waals surface area contributed by atoms with E-state index in [0.717, 1.165) is 12.0 Å². The average molecular weight is 282 g/mol. The molecule has 0 aliphatic heterocycles. The predicted octanol–water partition coefficient (Wildman–Crippen LogP) is 6.08. The van der Waals surface area contributed by atoms with Crippen molar-refractivity contribution >= 4 is 0 Å². The monoisotopic (exact) mass is 281 g/mol. The van der Waals surface area contributed by atoms with Crippen LogP contribution in [-0.4, -0.2) is 12.6 Å². The van der Waals surface area contributed by atoms with Crippen LogP contribution in [0, 0.1) is 5.92 Å². The molecule has 120 valence electrons. The van der Waals surface area contributed by atoms with E-state index in [1.54, 1.807) is 0 Å². The minimum Gasteiger partial charge on any atom is -0.314 e. The maximum atomic E-state index is 3.85. The fraction of sp³-hybridized carbons (Fsp3) is 1.00. The number of rotatable bonds is 12. The fourth-order valence-electron chi connectivity index (χ4n) is 3.73. The van der Waals surface area contributed by atoms with Crippen LogP contribution in [0.4, 0.5) is 0 Å². The highest BCUT2D eigenvalue weighted by Crippen LogP contribution is 2.27. The van der Waals surface area contributed by atoms with Crippen molar-refractivity contribution in [1.82, 2.24) is 5.32 Å². The van der Waals surface area contributed by atoms with Gasteiger partial charge in [0.1, 0.15) is 0 Å². The number of hydrogen-bond acceptors (Lipinski definition) is 1. The van der Waals surface area contributed by atoms with Gasteiger partial charge in [0.2, 0.25) is 0 Å². The Kier molecular flexibility index (Phi) is 11.4. The molecule has 0 bridgehead atoms. The molecule has 1 saturated carbocycles. The van der Waals surface area contributed by atoms with Gasteiger partial charge in [-0.1, -0.05) is 78.1 Å². The molecule has 20 heavy (non-hydrogen) atoms. The second-order valence-corrected chi connectivity index (χ2v) is 6.84. The maximum Gasteiger partial charge on any atom is 0.00926 e. The Balaban J connectivity index is 1.93. The zero-order chi connectivity index (χ0) is 14.5. The van der Waals surface area contributed by atoms with Crippen LogP contribution in [0.3, 0.4) is 0 Å². The molecule has 1 unspecified atom stereocenters. The second-order valence-electron chi connectivity index (χ2n) is 6.84. The van der Waals surface area contributed by atoms with Crippen molar-refractivity contribution in [2.75, 3.05) is 6.54 Å². The van der Waals surface area contributed by atoms with Gasteiger partial charge in [-0.15, -0.1) is 0 Å². The molecule has 0 heterocycles. The van der Waals surface area contributed by atoms with Crippen LogP contribution >= 0.6 is 0 Å². The summed E-state index contributed by atoms with van der Waals surface area (Å²) in [5, 5.41) is 3.85. The lowest BCUT2D eigenvalue weighted by molar-refractivity contribution is 0.262. The van der Waals surface area contributed by atoms with Gasteiger partial charge in [-0.25, -0.2) is 0 Å². The fourth-order valence-corrected chi connectivity index (χ4v) is 3.73. The molecule has 1 aliphatic rings. The van der Waals surface area contributed by atoms with Gasteiger partial charge < -0.3 is 5.32 Å². The third kappa shape index (κ3) is 8.29. The summed E-state index contributed by atoms with van der Waals surface area (Å²) < 4.78 is 0. The zero-order valence-corrected chi connectivity index (χ0v) is 14.3. The van der Waals surface area contributed by atoms with Gasteiger partial charge in [0.15, 0.2) is 0 Å². The standard InChI is InChI=1S/C19H39N/c1-3-5-6-7-8-9-10-14-17-20-19(4-2)18-15-12-11-13-16-18/h18-20H,3-17H2,1-2H3. The molecule has 0 radical (unpaired) electrons. The van der Waals surface area contributed by atoms with E-state index in [4.69, 9.17) is 0 Å². The van der Waals surface area contributed by atoms with Gasteiger partial charge in [-0.3, -0.25) is 0 Å². The van der Waals surface area contributed by atoms with Crippen LogP contribution in [0.25, 0.3) is 0 Å². The molecule has 0 amide bonds. The molecule has 1 fully saturated rings. The van der Waals surface area contributed by atoms with Gasteiger partial charge >= 0.3 is 0 Å². The highest BCUT2D eigenvalue weighted by Gasteiger charge is 2.21. The van der Waals surface area contributed by atoms with Crippen LogP contribution < -0.4 is 5.32 Å². The van der Waals surface area contributed by atoms with Gasteiger partial charge in [0.25, 0.3) is 0 Å². The first-order chi connectivity index (χ1) is 9.88. The van der Waals surface area contributed by atoms with Gasteiger partial charge in [-0.2, -0.15) is 0 Å². The zero-order valence-electron chi connectivity index (χ0n) is 14.3. The first kappa shape index (κ1) is 18.0. The van der Waals surface area contributed by atoms with Crippen LogP contribution in [0.2, 0.25) is 0 Å². The molecule has 1 nitrogen and oxygen atoms in total. The Labute approximate surface area is 128 Å². The molecule has 0 aromatic carbocycles. The topological polar surface area (TPSA) is 12.0 Å². The summed E-state index contributed by atoms with van der Waals surface area (Å²) >= 11 is 0. The molecule has 0 aromatic heterocycles. The Morgan fingerprint density at radius 3 is 2.00 bits per heavy atom. The summed E-state index contributed by atoms with van der Waals surface area (Å²) in [6.45, 7) is 5.91. The number of unbranched alkanes of at least 4 members (excludes halogenated alkanes) is 7. The van der Waals surface area contributed by atoms with E-state index < -0.39 is 0 Å². The van der Waals surface area contributed by atoms with Crippen LogP contribution in [0.1, 0.15) is 104 Å². The van der Waals surface area contributed by atoms with Crippen molar-refractivity contribution in [2.45, 2.75) is 110 Å². The Morgan fingerprint density at radius 2 is 1.40 bits per heavy atom. The highest BCUT2D eigenvalue weighted by molar-refractivity contribution is 4.78. The van der Waals surface area contributed by atoms with Gasteiger partial charge in [-0.05, 0) is 38.1 Å². The highest BCUT2D eigenvalue weighted by atomic mass is 14.9. The van der Waals surface area contributed by atoms with Crippen molar-refractivity contribution in [3.05, 3.63) is 0 Å². The predicted molar refractivity (Wildman–Crippen MR) is 91.3 cm³/mol. The average Bonchev–Trinajstić information content (AvgIpc) is 2.50.